The van der Waals surface area contributed by atoms with Crippen LogP contribution < -0.4 is 5.73 Å². The van der Waals surface area contributed by atoms with Crippen LogP contribution >= 0.6 is 11.8 Å². The quantitative estimate of drug-likeness (QED) is 0.798. The molecule has 2 rings (SSSR count). The predicted octanol–water partition coefficient (Wildman–Crippen LogP) is 2.52. The molecular weight excluding hydrogens is 178 g/mol. The third-order valence-corrected chi connectivity index (χ3v) is 4.45. The lowest BCUT2D eigenvalue weighted by Gasteiger charge is -2.12. The molecule has 0 spiro atoms. The van der Waals surface area contributed by atoms with Crippen molar-refractivity contribution >= 4 is 11.8 Å². The summed E-state index contributed by atoms with van der Waals surface area (Å²) in [6, 6.07) is 10.5. The minimum atomic E-state index is 0.349. The van der Waals surface area contributed by atoms with E-state index in [4.69, 9.17) is 5.73 Å². The number of nitrogens with two attached hydrogens (primary N) is 1. The zero-order valence-corrected chi connectivity index (χ0v) is 8.68. The molecule has 1 aliphatic carbocycles. The second-order valence-corrected chi connectivity index (χ2v) is 5.28. The molecule has 0 radical (unpaired) electrons. The van der Waals surface area contributed by atoms with Crippen LogP contribution in [0.1, 0.15) is 13.3 Å². The first-order valence-corrected chi connectivity index (χ1v) is 5.53. The lowest BCUT2D eigenvalue weighted by atomic mass is 10.3. The van der Waals surface area contributed by atoms with Gasteiger partial charge in [-0.25, -0.2) is 0 Å². The zero-order chi connectivity index (χ0) is 9.31. The molecule has 0 amide bonds. The van der Waals surface area contributed by atoms with Crippen molar-refractivity contribution in [2.75, 3.05) is 6.54 Å². The molecular formula is C11H15NS. The molecule has 1 fully saturated rings. The van der Waals surface area contributed by atoms with E-state index >= 15 is 0 Å². The van der Waals surface area contributed by atoms with Crippen LogP contribution in [-0.4, -0.2) is 11.3 Å². The van der Waals surface area contributed by atoms with E-state index in [1.807, 2.05) is 11.8 Å². The number of hydrogen-bond donors (Lipinski definition) is 1. The molecule has 13 heavy (non-hydrogen) atoms. The molecule has 1 aliphatic rings. The molecule has 70 valence electrons. The molecule has 1 aromatic rings. The fourth-order valence-electron chi connectivity index (χ4n) is 1.65. The van der Waals surface area contributed by atoms with E-state index in [1.165, 1.54) is 11.3 Å². The first-order chi connectivity index (χ1) is 6.27. The van der Waals surface area contributed by atoms with Crippen molar-refractivity contribution in [2.45, 2.75) is 23.0 Å². The van der Waals surface area contributed by atoms with E-state index < -0.39 is 0 Å². The molecule has 2 heteroatoms. The summed E-state index contributed by atoms with van der Waals surface area (Å²) < 4.78 is 0.349. The Kier molecular flexibility index (Phi) is 2.35. The molecule has 0 aliphatic heterocycles. The van der Waals surface area contributed by atoms with Crippen molar-refractivity contribution < 1.29 is 0 Å². The van der Waals surface area contributed by atoms with Gasteiger partial charge in [-0.1, -0.05) is 25.1 Å². The SMILES string of the molecule is CC1CC1(CN)Sc1ccccc1. The molecule has 0 heterocycles. The Balaban J connectivity index is 2.07. The fraction of sp³-hybridized carbons (Fsp3) is 0.455. The topological polar surface area (TPSA) is 26.0 Å². The van der Waals surface area contributed by atoms with Crippen LogP contribution in [0.2, 0.25) is 0 Å². The molecule has 2 unspecified atom stereocenters. The number of rotatable bonds is 3. The third kappa shape index (κ3) is 1.74. The van der Waals surface area contributed by atoms with Gasteiger partial charge in [0.15, 0.2) is 0 Å². The standard InChI is InChI=1S/C11H15NS/c1-9-7-11(9,8-12)13-10-5-3-2-4-6-10/h2-6,9H,7-8,12H2,1H3. The Morgan fingerprint density at radius 2 is 2.08 bits per heavy atom. The smallest absolute Gasteiger partial charge is 0.0358 e. The summed E-state index contributed by atoms with van der Waals surface area (Å²) in [5.74, 6) is 0.780. The Morgan fingerprint density at radius 3 is 2.54 bits per heavy atom. The third-order valence-electron chi connectivity index (χ3n) is 2.80. The van der Waals surface area contributed by atoms with Gasteiger partial charge in [0.1, 0.15) is 0 Å². The lowest BCUT2D eigenvalue weighted by Crippen LogP contribution is -2.19. The summed E-state index contributed by atoms with van der Waals surface area (Å²) in [6.07, 6.45) is 1.27. The molecule has 0 aromatic heterocycles. The Morgan fingerprint density at radius 1 is 1.46 bits per heavy atom. The largest absolute Gasteiger partial charge is 0.329 e. The van der Waals surface area contributed by atoms with Crippen molar-refractivity contribution in [1.29, 1.82) is 0 Å². The minimum absolute atomic E-state index is 0.349. The van der Waals surface area contributed by atoms with Crippen molar-refractivity contribution in [3.63, 3.8) is 0 Å². The van der Waals surface area contributed by atoms with Crippen LogP contribution in [0.4, 0.5) is 0 Å². The highest BCUT2D eigenvalue weighted by Gasteiger charge is 2.50. The van der Waals surface area contributed by atoms with Crippen molar-refractivity contribution in [2.24, 2.45) is 11.7 Å². The molecule has 0 bridgehead atoms. The number of benzene rings is 1. The zero-order valence-electron chi connectivity index (χ0n) is 7.86. The number of thioether (sulfide) groups is 1. The lowest BCUT2D eigenvalue weighted by molar-refractivity contribution is 0.807. The van der Waals surface area contributed by atoms with E-state index in [-0.39, 0.29) is 0 Å². The van der Waals surface area contributed by atoms with E-state index in [0.717, 1.165) is 12.5 Å². The molecule has 1 aromatic carbocycles. The highest BCUT2D eigenvalue weighted by molar-refractivity contribution is 8.01. The Hall–Kier alpha value is -0.470. The highest BCUT2D eigenvalue weighted by atomic mass is 32.2. The van der Waals surface area contributed by atoms with Crippen LogP contribution in [0.15, 0.2) is 35.2 Å². The van der Waals surface area contributed by atoms with E-state index in [0.29, 0.717) is 4.75 Å². The van der Waals surface area contributed by atoms with E-state index in [2.05, 4.69) is 37.3 Å². The molecule has 2 N–H and O–H groups in total. The van der Waals surface area contributed by atoms with Gasteiger partial charge in [-0.3, -0.25) is 0 Å². The summed E-state index contributed by atoms with van der Waals surface area (Å²) in [7, 11) is 0. The molecule has 1 saturated carbocycles. The normalized spacial score (nSPS) is 31.7. The van der Waals surface area contributed by atoms with Gasteiger partial charge >= 0.3 is 0 Å². The molecule has 1 nitrogen and oxygen atoms in total. The summed E-state index contributed by atoms with van der Waals surface area (Å²) >= 11 is 1.94. The van der Waals surface area contributed by atoms with Crippen LogP contribution in [0.3, 0.4) is 0 Å². The predicted molar refractivity (Wildman–Crippen MR) is 57.9 cm³/mol. The van der Waals surface area contributed by atoms with E-state index in [9.17, 15) is 0 Å². The highest BCUT2D eigenvalue weighted by Crippen LogP contribution is 2.55. The van der Waals surface area contributed by atoms with Gasteiger partial charge in [0.2, 0.25) is 0 Å². The van der Waals surface area contributed by atoms with Crippen molar-refractivity contribution in [3.05, 3.63) is 30.3 Å². The fourth-order valence-corrected chi connectivity index (χ4v) is 3.03. The summed E-state index contributed by atoms with van der Waals surface area (Å²) in [6.45, 7) is 3.08. The van der Waals surface area contributed by atoms with Gasteiger partial charge in [0, 0.05) is 16.2 Å². The maximum atomic E-state index is 5.79. The van der Waals surface area contributed by atoms with Gasteiger partial charge in [-0.2, -0.15) is 0 Å². The number of hydrogen-bond acceptors (Lipinski definition) is 2. The van der Waals surface area contributed by atoms with Gasteiger partial charge in [0.05, 0.1) is 0 Å². The second kappa shape index (κ2) is 3.35. The minimum Gasteiger partial charge on any atom is -0.329 e. The maximum absolute atomic E-state index is 5.79. The monoisotopic (exact) mass is 193 g/mol. The summed E-state index contributed by atoms with van der Waals surface area (Å²) in [4.78, 5) is 1.34. The van der Waals surface area contributed by atoms with Gasteiger partial charge in [0.25, 0.3) is 0 Å². The molecule has 0 saturated heterocycles. The van der Waals surface area contributed by atoms with E-state index in [1.54, 1.807) is 0 Å². The second-order valence-electron chi connectivity index (χ2n) is 3.79. The van der Waals surface area contributed by atoms with Crippen LogP contribution in [0.5, 0.6) is 0 Å². The van der Waals surface area contributed by atoms with Gasteiger partial charge in [-0.05, 0) is 24.5 Å². The average Bonchev–Trinajstić information content (AvgIpc) is 2.79. The van der Waals surface area contributed by atoms with Crippen LogP contribution in [0.25, 0.3) is 0 Å². The summed E-state index contributed by atoms with van der Waals surface area (Å²) in [5.41, 5.74) is 5.79. The van der Waals surface area contributed by atoms with Crippen LogP contribution in [0, 0.1) is 5.92 Å². The van der Waals surface area contributed by atoms with Gasteiger partial charge < -0.3 is 5.73 Å². The average molecular weight is 193 g/mol. The van der Waals surface area contributed by atoms with Crippen LogP contribution in [-0.2, 0) is 0 Å². The first-order valence-electron chi connectivity index (χ1n) is 4.71. The van der Waals surface area contributed by atoms with Crippen molar-refractivity contribution in [1.82, 2.24) is 0 Å². The maximum Gasteiger partial charge on any atom is 0.0358 e. The summed E-state index contributed by atoms with van der Waals surface area (Å²) in [5, 5.41) is 0. The van der Waals surface area contributed by atoms with Gasteiger partial charge in [-0.15, -0.1) is 11.8 Å². The Bertz CT molecular complexity index is 281. The first kappa shape index (κ1) is 9.10. The molecule has 2 atom stereocenters. The van der Waals surface area contributed by atoms with Crippen molar-refractivity contribution in [3.8, 4) is 0 Å². The Labute approximate surface area is 83.7 Å².